The first-order valence-electron chi connectivity index (χ1n) is 8.68. The van der Waals surface area contributed by atoms with Crippen molar-refractivity contribution in [1.82, 2.24) is 0 Å². The lowest BCUT2D eigenvalue weighted by molar-refractivity contribution is -0.302. The van der Waals surface area contributed by atoms with Crippen molar-refractivity contribution < 1.29 is 18.3 Å². The summed E-state index contributed by atoms with van der Waals surface area (Å²) in [5.74, 6) is 0.00553. The average molecular weight is 304 g/mol. The van der Waals surface area contributed by atoms with Gasteiger partial charge in [-0.2, -0.15) is 8.78 Å². The molecule has 2 aliphatic rings. The smallest absolute Gasteiger partial charge is 0.358 e. The Labute approximate surface area is 127 Å². The molecule has 0 spiro atoms. The van der Waals surface area contributed by atoms with Gasteiger partial charge in [0.15, 0.2) is 0 Å². The van der Waals surface area contributed by atoms with E-state index < -0.39 is 12.0 Å². The molecule has 0 heterocycles. The van der Waals surface area contributed by atoms with E-state index in [1.807, 2.05) is 0 Å². The lowest BCUT2D eigenvalue weighted by Gasteiger charge is -2.36. The van der Waals surface area contributed by atoms with Crippen LogP contribution in [0.15, 0.2) is 0 Å². The molecule has 2 rings (SSSR count). The topological polar surface area (TPSA) is 18.5 Å². The summed E-state index contributed by atoms with van der Waals surface area (Å²) in [4.78, 5) is 0. The molecule has 0 N–H and O–H groups in total. The van der Waals surface area contributed by atoms with E-state index in [9.17, 15) is 8.78 Å². The fourth-order valence-corrected chi connectivity index (χ4v) is 3.52. The number of rotatable bonds is 6. The molecule has 0 aromatic heterocycles. The number of hydrogen-bond acceptors (Lipinski definition) is 2. The molecule has 4 heteroatoms. The molecular formula is C17H30F2O2. The van der Waals surface area contributed by atoms with Crippen LogP contribution < -0.4 is 0 Å². The van der Waals surface area contributed by atoms with Crippen molar-refractivity contribution in [2.75, 3.05) is 6.61 Å². The van der Waals surface area contributed by atoms with Crippen LogP contribution in [0.5, 0.6) is 0 Å². The van der Waals surface area contributed by atoms with Gasteiger partial charge in [0.1, 0.15) is 0 Å². The highest BCUT2D eigenvalue weighted by atomic mass is 19.3. The number of halogens is 2. The largest absolute Gasteiger partial charge is 0.378 e. The normalized spacial score (nSPS) is 34.9. The maximum atomic E-state index is 14.3. The van der Waals surface area contributed by atoms with Crippen LogP contribution in [0.2, 0.25) is 0 Å². The highest BCUT2D eigenvalue weighted by Crippen LogP contribution is 2.41. The highest BCUT2D eigenvalue weighted by molar-refractivity contribution is 4.79. The summed E-state index contributed by atoms with van der Waals surface area (Å²) in [7, 11) is 0. The van der Waals surface area contributed by atoms with Crippen LogP contribution in [0.1, 0.15) is 71.6 Å². The van der Waals surface area contributed by atoms with Crippen molar-refractivity contribution in [2.45, 2.75) is 90.0 Å². The first-order chi connectivity index (χ1) is 10.0. The summed E-state index contributed by atoms with van der Waals surface area (Å²) in [6, 6.07) is 0. The van der Waals surface area contributed by atoms with Crippen molar-refractivity contribution >= 4 is 0 Å². The third kappa shape index (κ3) is 5.17. The summed E-state index contributed by atoms with van der Waals surface area (Å²) in [5.41, 5.74) is 0. The van der Waals surface area contributed by atoms with Gasteiger partial charge < -0.3 is 9.47 Å². The van der Waals surface area contributed by atoms with Gasteiger partial charge in [0.25, 0.3) is 0 Å². The zero-order chi connectivity index (χ0) is 15.3. The van der Waals surface area contributed by atoms with E-state index in [1.54, 1.807) is 0 Å². The van der Waals surface area contributed by atoms with E-state index in [4.69, 9.17) is 9.47 Å². The number of ether oxygens (including phenoxy) is 2. The molecule has 2 saturated carbocycles. The second kappa shape index (κ2) is 7.87. The summed E-state index contributed by atoms with van der Waals surface area (Å²) in [6.07, 6.45) is 4.13. The summed E-state index contributed by atoms with van der Waals surface area (Å²) < 4.78 is 39.4. The monoisotopic (exact) mass is 304 g/mol. The molecule has 2 fully saturated rings. The predicted molar refractivity (Wildman–Crippen MR) is 79.4 cm³/mol. The first-order valence-corrected chi connectivity index (χ1v) is 8.68. The zero-order valence-electron chi connectivity index (χ0n) is 13.5. The van der Waals surface area contributed by atoms with Crippen LogP contribution >= 0.6 is 0 Å². The lowest BCUT2D eigenvalue weighted by atomic mass is 9.82. The van der Waals surface area contributed by atoms with E-state index >= 15 is 0 Å². The van der Waals surface area contributed by atoms with Gasteiger partial charge >= 0.3 is 6.11 Å². The minimum Gasteiger partial charge on any atom is -0.378 e. The highest BCUT2D eigenvalue weighted by Gasteiger charge is 2.44. The zero-order valence-corrected chi connectivity index (χ0v) is 13.5. The Morgan fingerprint density at radius 3 is 2.05 bits per heavy atom. The van der Waals surface area contributed by atoms with Crippen LogP contribution in [0.25, 0.3) is 0 Å². The van der Waals surface area contributed by atoms with Gasteiger partial charge in [-0.25, -0.2) is 0 Å². The second-order valence-electron chi connectivity index (χ2n) is 6.91. The molecule has 0 saturated heterocycles. The molecule has 0 aliphatic heterocycles. The fraction of sp³-hybridized carbons (Fsp3) is 1.00. The molecule has 0 amide bonds. The third-order valence-electron chi connectivity index (χ3n) is 4.99. The van der Waals surface area contributed by atoms with E-state index in [-0.39, 0.29) is 12.2 Å². The van der Waals surface area contributed by atoms with Gasteiger partial charge in [-0.3, -0.25) is 0 Å². The standard InChI is InChI=1S/C17H30F2O2/c1-3-12-20-15-8-10-16(11-9-15)21-17(18,19)14-6-4-13(2)5-7-14/h13-16H,3-12H2,1-2H3. The van der Waals surface area contributed by atoms with Crippen LogP contribution in [0.3, 0.4) is 0 Å². The van der Waals surface area contributed by atoms with Gasteiger partial charge in [0, 0.05) is 6.61 Å². The van der Waals surface area contributed by atoms with E-state index in [0.717, 1.165) is 38.7 Å². The van der Waals surface area contributed by atoms with Crippen LogP contribution in [-0.4, -0.2) is 24.9 Å². The Morgan fingerprint density at radius 2 is 1.48 bits per heavy atom. The fourth-order valence-electron chi connectivity index (χ4n) is 3.52. The molecule has 0 radical (unpaired) electrons. The Hall–Kier alpha value is -0.220. The van der Waals surface area contributed by atoms with E-state index in [2.05, 4.69) is 13.8 Å². The molecule has 124 valence electrons. The van der Waals surface area contributed by atoms with Gasteiger partial charge in [-0.15, -0.1) is 0 Å². The minimum atomic E-state index is -2.94. The number of hydrogen-bond donors (Lipinski definition) is 0. The molecule has 21 heavy (non-hydrogen) atoms. The molecule has 2 aliphatic carbocycles. The van der Waals surface area contributed by atoms with Crippen LogP contribution in [0, 0.1) is 11.8 Å². The van der Waals surface area contributed by atoms with Crippen molar-refractivity contribution in [3.63, 3.8) is 0 Å². The summed E-state index contributed by atoms with van der Waals surface area (Å²) >= 11 is 0. The summed E-state index contributed by atoms with van der Waals surface area (Å²) in [6.45, 7) is 5.00. The Balaban J connectivity index is 1.74. The molecule has 2 nitrogen and oxygen atoms in total. The molecule has 0 atom stereocenters. The Bertz CT molecular complexity index is 293. The van der Waals surface area contributed by atoms with Crippen LogP contribution in [0.4, 0.5) is 8.78 Å². The molecule has 0 aromatic carbocycles. The first kappa shape index (κ1) is 17.1. The predicted octanol–water partition coefficient (Wildman–Crippen LogP) is 5.16. The van der Waals surface area contributed by atoms with Crippen molar-refractivity contribution in [2.24, 2.45) is 11.8 Å². The van der Waals surface area contributed by atoms with Gasteiger partial charge in [-0.1, -0.05) is 26.7 Å². The van der Waals surface area contributed by atoms with Crippen LogP contribution in [-0.2, 0) is 9.47 Å². The van der Waals surface area contributed by atoms with E-state index in [0.29, 0.717) is 31.6 Å². The van der Waals surface area contributed by atoms with Crippen molar-refractivity contribution in [3.05, 3.63) is 0 Å². The summed E-state index contributed by atoms with van der Waals surface area (Å²) in [5, 5.41) is 0. The lowest BCUT2D eigenvalue weighted by Crippen LogP contribution is -2.39. The SMILES string of the molecule is CCCOC1CCC(OC(F)(F)C2CCC(C)CC2)CC1. The maximum Gasteiger partial charge on any atom is 0.358 e. The maximum absolute atomic E-state index is 14.3. The van der Waals surface area contributed by atoms with Crippen molar-refractivity contribution in [1.29, 1.82) is 0 Å². The van der Waals surface area contributed by atoms with Gasteiger partial charge in [0.2, 0.25) is 0 Å². The third-order valence-corrected chi connectivity index (χ3v) is 4.99. The quantitative estimate of drug-likeness (QED) is 0.675. The molecule has 0 aromatic rings. The molecule has 0 unspecified atom stereocenters. The van der Waals surface area contributed by atoms with E-state index in [1.165, 1.54) is 0 Å². The van der Waals surface area contributed by atoms with Gasteiger partial charge in [-0.05, 0) is 50.9 Å². The Morgan fingerprint density at radius 1 is 0.905 bits per heavy atom. The van der Waals surface area contributed by atoms with Crippen molar-refractivity contribution in [3.8, 4) is 0 Å². The molecular weight excluding hydrogens is 274 g/mol. The minimum absolute atomic E-state index is 0.244. The number of alkyl halides is 2. The van der Waals surface area contributed by atoms with Gasteiger partial charge in [0.05, 0.1) is 18.1 Å². The Kier molecular flexibility index (Phi) is 6.42. The average Bonchev–Trinajstić information content (AvgIpc) is 2.47. The molecule has 0 bridgehead atoms. The second-order valence-corrected chi connectivity index (χ2v) is 6.91.